The summed E-state index contributed by atoms with van der Waals surface area (Å²) in [6.45, 7) is 3.12. The van der Waals surface area contributed by atoms with E-state index in [4.69, 9.17) is 0 Å². The van der Waals surface area contributed by atoms with E-state index in [1.165, 1.54) is 4.57 Å². The van der Waals surface area contributed by atoms with E-state index in [0.717, 1.165) is 23.1 Å². The highest BCUT2D eigenvalue weighted by molar-refractivity contribution is 14.1. The van der Waals surface area contributed by atoms with Crippen LogP contribution in [0.4, 0.5) is 0 Å². The largest absolute Gasteiger partial charge is 0.328 e. The van der Waals surface area contributed by atoms with Gasteiger partial charge in [-0.1, -0.05) is 18.2 Å². The maximum Gasteiger partial charge on any atom is 0.328 e. The molecule has 2 aromatic heterocycles. The van der Waals surface area contributed by atoms with Crippen molar-refractivity contribution in [3.05, 3.63) is 60.6 Å². The second kappa shape index (κ2) is 5.47. The SMILES string of the molecule is CCn1nc(Cn2cc(I)c(=O)[nH]c2=O)c2ccccc21. The van der Waals surface area contributed by atoms with Crippen molar-refractivity contribution in [3.63, 3.8) is 0 Å². The molecule has 0 bridgehead atoms. The molecule has 6 nitrogen and oxygen atoms in total. The van der Waals surface area contributed by atoms with E-state index < -0.39 is 5.69 Å². The minimum Gasteiger partial charge on any atom is -0.293 e. The van der Waals surface area contributed by atoms with E-state index in [9.17, 15) is 9.59 Å². The third-order valence-electron chi connectivity index (χ3n) is 3.32. The van der Waals surface area contributed by atoms with E-state index >= 15 is 0 Å². The highest BCUT2D eigenvalue weighted by Gasteiger charge is 2.11. The van der Waals surface area contributed by atoms with Crippen LogP contribution in [0.25, 0.3) is 10.9 Å². The van der Waals surface area contributed by atoms with Gasteiger partial charge in [0, 0.05) is 18.1 Å². The topological polar surface area (TPSA) is 72.7 Å². The number of benzene rings is 1. The molecule has 3 aromatic rings. The average Bonchev–Trinajstić information content (AvgIpc) is 2.83. The summed E-state index contributed by atoms with van der Waals surface area (Å²) >= 11 is 1.91. The molecule has 0 aliphatic heterocycles. The van der Waals surface area contributed by atoms with Crippen molar-refractivity contribution in [3.8, 4) is 0 Å². The van der Waals surface area contributed by atoms with Gasteiger partial charge in [-0.15, -0.1) is 0 Å². The van der Waals surface area contributed by atoms with Gasteiger partial charge in [0.2, 0.25) is 0 Å². The Labute approximate surface area is 133 Å². The number of aromatic amines is 1. The maximum absolute atomic E-state index is 11.9. The Morgan fingerprint density at radius 1 is 1.29 bits per heavy atom. The molecule has 2 heterocycles. The molecule has 0 fully saturated rings. The van der Waals surface area contributed by atoms with Gasteiger partial charge in [-0.25, -0.2) is 4.79 Å². The summed E-state index contributed by atoms with van der Waals surface area (Å²) in [5.74, 6) is 0. The van der Waals surface area contributed by atoms with Gasteiger partial charge < -0.3 is 0 Å². The van der Waals surface area contributed by atoms with Crippen LogP contribution in [0, 0.1) is 3.57 Å². The monoisotopic (exact) mass is 396 g/mol. The highest BCUT2D eigenvalue weighted by Crippen LogP contribution is 2.18. The number of fused-ring (bicyclic) bond motifs is 1. The van der Waals surface area contributed by atoms with Crippen LogP contribution < -0.4 is 11.2 Å². The zero-order valence-electron chi connectivity index (χ0n) is 11.3. The van der Waals surface area contributed by atoms with Gasteiger partial charge in [-0.3, -0.25) is 19.0 Å². The molecule has 0 atom stereocenters. The Kier molecular flexibility index (Phi) is 3.66. The van der Waals surface area contributed by atoms with Crippen molar-refractivity contribution in [2.24, 2.45) is 0 Å². The van der Waals surface area contributed by atoms with Crippen molar-refractivity contribution >= 4 is 33.5 Å². The van der Waals surface area contributed by atoms with E-state index in [0.29, 0.717) is 10.1 Å². The molecule has 0 unspecified atom stereocenters. The fraction of sp³-hybridized carbons (Fsp3) is 0.214. The normalized spacial score (nSPS) is 11.1. The lowest BCUT2D eigenvalue weighted by atomic mass is 10.2. The molecule has 0 saturated heterocycles. The number of aromatic nitrogens is 4. The van der Waals surface area contributed by atoms with Crippen molar-refractivity contribution in [2.45, 2.75) is 20.0 Å². The average molecular weight is 396 g/mol. The Bertz CT molecular complexity index is 923. The standard InChI is InChI=1S/C14H13IN4O2/c1-2-19-12-6-4-3-5-9(12)11(17-19)8-18-7-10(15)13(20)16-14(18)21/h3-7H,2,8H2,1H3,(H,16,20,21). The van der Waals surface area contributed by atoms with Gasteiger partial charge in [0.1, 0.15) is 0 Å². The molecule has 1 N–H and O–H groups in total. The number of rotatable bonds is 3. The van der Waals surface area contributed by atoms with Crippen LogP contribution in [0.3, 0.4) is 0 Å². The van der Waals surface area contributed by atoms with Crippen LogP contribution in [0.1, 0.15) is 12.6 Å². The number of hydrogen-bond donors (Lipinski definition) is 1. The minimum atomic E-state index is -0.421. The van der Waals surface area contributed by atoms with Crippen LogP contribution in [-0.2, 0) is 13.1 Å². The zero-order chi connectivity index (χ0) is 15.0. The number of para-hydroxylation sites is 1. The summed E-state index contributed by atoms with van der Waals surface area (Å²) in [5.41, 5.74) is 1.08. The van der Waals surface area contributed by atoms with E-state index in [-0.39, 0.29) is 5.56 Å². The molecule has 0 radical (unpaired) electrons. The fourth-order valence-electron chi connectivity index (χ4n) is 2.32. The summed E-state index contributed by atoms with van der Waals surface area (Å²) in [7, 11) is 0. The first-order valence-electron chi connectivity index (χ1n) is 6.54. The van der Waals surface area contributed by atoms with Gasteiger partial charge in [0.05, 0.1) is 21.3 Å². The summed E-state index contributed by atoms with van der Waals surface area (Å²) in [6, 6.07) is 7.92. The number of nitrogens with zero attached hydrogens (tertiary/aromatic N) is 3. The molecule has 0 aliphatic rings. The first-order valence-corrected chi connectivity index (χ1v) is 7.61. The lowest BCUT2D eigenvalue weighted by molar-refractivity contribution is 0.639. The van der Waals surface area contributed by atoms with Gasteiger partial charge in [0.15, 0.2) is 0 Å². The van der Waals surface area contributed by atoms with E-state index in [2.05, 4.69) is 10.1 Å². The number of hydrogen-bond acceptors (Lipinski definition) is 3. The molecule has 0 saturated carbocycles. The lowest BCUT2D eigenvalue weighted by Crippen LogP contribution is -2.31. The zero-order valence-corrected chi connectivity index (χ0v) is 13.5. The summed E-state index contributed by atoms with van der Waals surface area (Å²) in [6.07, 6.45) is 1.56. The van der Waals surface area contributed by atoms with E-state index in [1.807, 2.05) is 58.5 Å². The van der Waals surface area contributed by atoms with Crippen LogP contribution >= 0.6 is 22.6 Å². The Hall–Kier alpha value is -1.90. The molecule has 21 heavy (non-hydrogen) atoms. The summed E-state index contributed by atoms with van der Waals surface area (Å²) in [5, 5.41) is 5.58. The third-order valence-corrected chi connectivity index (χ3v) is 4.09. The van der Waals surface area contributed by atoms with Crippen LogP contribution in [0.15, 0.2) is 40.1 Å². The molecule has 0 amide bonds. The lowest BCUT2D eigenvalue weighted by Gasteiger charge is -2.03. The van der Waals surface area contributed by atoms with Gasteiger partial charge in [0.25, 0.3) is 5.56 Å². The van der Waals surface area contributed by atoms with Crippen LogP contribution in [0.5, 0.6) is 0 Å². The molecule has 0 aliphatic carbocycles. The van der Waals surface area contributed by atoms with Crippen molar-refractivity contribution < 1.29 is 0 Å². The Morgan fingerprint density at radius 3 is 2.81 bits per heavy atom. The minimum absolute atomic E-state index is 0.332. The third kappa shape index (κ3) is 2.53. The first-order chi connectivity index (χ1) is 10.1. The number of halogens is 1. The fourth-order valence-corrected chi connectivity index (χ4v) is 2.79. The van der Waals surface area contributed by atoms with Crippen LogP contribution in [0.2, 0.25) is 0 Å². The number of H-pyrrole nitrogens is 1. The molecule has 108 valence electrons. The Balaban J connectivity index is 2.13. The predicted molar refractivity (Wildman–Crippen MR) is 88.5 cm³/mol. The van der Waals surface area contributed by atoms with Crippen molar-refractivity contribution in [2.75, 3.05) is 0 Å². The first kappa shape index (κ1) is 14.1. The molecule has 7 heteroatoms. The predicted octanol–water partition coefficient (Wildman–Crippen LogP) is 1.56. The Morgan fingerprint density at radius 2 is 2.05 bits per heavy atom. The molecular formula is C14H13IN4O2. The van der Waals surface area contributed by atoms with Crippen LogP contribution in [-0.4, -0.2) is 19.3 Å². The second-order valence-corrected chi connectivity index (χ2v) is 5.81. The van der Waals surface area contributed by atoms with Gasteiger partial charge in [-0.05, 0) is 35.6 Å². The number of aryl methyl sites for hydroxylation is 1. The summed E-state index contributed by atoms with van der Waals surface area (Å²) in [4.78, 5) is 25.6. The molecular weight excluding hydrogens is 383 g/mol. The van der Waals surface area contributed by atoms with Crippen molar-refractivity contribution in [1.82, 2.24) is 19.3 Å². The second-order valence-electron chi connectivity index (χ2n) is 4.64. The highest BCUT2D eigenvalue weighted by atomic mass is 127. The molecule has 0 spiro atoms. The molecule has 1 aromatic carbocycles. The van der Waals surface area contributed by atoms with Crippen molar-refractivity contribution in [1.29, 1.82) is 0 Å². The van der Waals surface area contributed by atoms with Gasteiger partial charge in [-0.2, -0.15) is 5.10 Å². The van der Waals surface area contributed by atoms with Gasteiger partial charge >= 0.3 is 5.69 Å². The smallest absolute Gasteiger partial charge is 0.293 e. The summed E-state index contributed by atoms with van der Waals surface area (Å²) < 4.78 is 3.86. The van der Waals surface area contributed by atoms with E-state index in [1.54, 1.807) is 6.20 Å². The number of nitrogens with one attached hydrogen (secondary N) is 1. The quantitative estimate of drug-likeness (QED) is 0.684. The molecule has 3 rings (SSSR count). The maximum atomic E-state index is 11.9.